The summed E-state index contributed by atoms with van der Waals surface area (Å²) >= 11 is 0. The highest BCUT2D eigenvalue weighted by atomic mass is 32.2. The lowest BCUT2D eigenvalue weighted by Gasteiger charge is -2.14. The molecule has 0 aromatic heterocycles. The summed E-state index contributed by atoms with van der Waals surface area (Å²) in [5.74, 6) is -1.94. The summed E-state index contributed by atoms with van der Waals surface area (Å²) in [6.07, 6.45) is 1.58. The summed E-state index contributed by atoms with van der Waals surface area (Å²) in [7, 11) is -4.23. The number of non-ortho nitro benzene ring substituents is 1. The van der Waals surface area contributed by atoms with Gasteiger partial charge in [-0.2, -0.15) is 0 Å². The van der Waals surface area contributed by atoms with Crippen molar-refractivity contribution in [3.8, 4) is 0 Å². The predicted molar refractivity (Wildman–Crippen MR) is 77.4 cm³/mol. The number of carbonyl (C=O) groups excluding carboxylic acids is 2. The van der Waals surface area contributed by atoms with Crippen LogP contribution in [-0.4, -0.2) is 43.1 Å². The average molecular weight is 342 g/mol. The van der Waals surface area contributed by atoms with E-state index in [1.165, 1.54) is 11.0 Å². The quantitative estimate of drug-likeness (QED) is 0.431. The molecule has 1 aromatic rings. The van der Waals surface area contributed by atoms with E-state index in [0.717, 1.165) is 31.0 Å². The first-order valence-electron chi connectivity index (χ1n) is 6.67. The number of amides is 2. The van der Waals surface area contributed by atoms with Crippen LogP contribution in [-0.2, 0) is 19.6 Å². The molecule has 0 atom stereocenters. The maximum Gasteiger partial charge on any atom is 0.324 e. The molecule has 0 aliphatic carbocycles. The van der Waals surface area contributed by atoms with E-state index in [0.29, 0.717) is 13.1 Å². The molecule has 0 bridgehead atoms. The van der Waals surface area contributed by atoms with Crippen LogP contribution in [0.5, 0.6) is 0 Å². The molecule has 0 radical (unpaired) electrons. The Morgan fingerprint density at radius 3 is 2.48 bits per heavy atom. The molecule has 1 aromatic carbocycles. The summed E-state index contributed by atoms with van der Waals surface area (Å²) in [6, 6.07) is 4.30. The van der Waals surface area contributed by atoms with E-state index in [2.05, 4.69) is 0 Å². The molecule has 124 valence electrons. The van der Waals surface area contributed by atoms with Crippen LogP contribution < -0.4 is 10.3 Å². The SMILES string of the molecule is O=C(NNS(=O)(=O)c1cccc([N+](=O)[O-])c1)C(=O)N1CCCC1. The van der Waals surface area contributed by atoms with Crippen LogP contribution in [0.2, 0.25) is 0 Å². The lowest BCUT2D eigenvalue weighted by atomic mass is 10.3. The minimum absolute atomic E-state index is 0.402. The van der Waals surface area contributed by atoms with Crippen LogP contribution in [0.1, 0.15) is 12.8 Å². The van der Waals surface area contributed by atoms with Crippen molar-refractivity contribution >= 4 is 27.5 Å². The Morgan fingerprint density at radius 1 is 1.22 bits per heavy atom. The van der Waals surface area contributed by atoms with Crippen molar-refractivity contribution in [2.45, 2.75) is 17.7 Å². The van der Waals surface area contributed by atoms with Gasteiger partial charge in [-0.1, -0.05) is 6.07 Å². The predicted octanol–water partition coefficient (Wildman–Crippen LogP) is -0.473. The van der Waals surface area contributed by atoms with E-state index in [1.807, 2.05) is 5.43 Å². The molecule has 1 heterocycles. The van der Waals surface area contributed by atoms with Gasteiger partial charge in [-0.3, -0.25) is 25.1 Å². The van der Waals surface area contributed by atoms with Gasteiger partial charge < -0.3 is 4.90 Å². The van der Waals surface area contributed by atoms with Gasteiger partial charge in [0.25, 0.3) is 15.7 Å². The van der Waals surface area contributed by atoms with E-state index in [9.17, 15) is 28.1 Å². The second-order valence-electron chi connectivity index (χ2n) is 4.81. The largest absolute Gasteiger partial charge is 0.334 e. The minimum atomic E-state index is -4.23. The molecule has 1 fully saturated rings. The van der Waals surface area contributed by atoms with Crippen LogP contribution in [0.15, 0.2) is 29.2 Å². The number of nitro benzene ring substituents is 1. The highest BCUT2D eigenvalue weighted by Crippen LogP contribution is 2.16. The highest BCUT2D eigenvalue weighted by molar-refractivity contribution is 7.89. The van der Waals surface area contributed by atoms with Crippen LogP contribution in [0.25, 0.3) is 0 Å². The number of rotatable bonds is 4. The van der Waals surface area contributed by atoms with E-state index in [4.69, 9.17) is 0 Å². The fraction of sp³-hybridized carbons (Fsp3) is 0.333. The zero-order valence-corrected chi connectivity index (χ0v) is 12.7. The number of likely N-dealkylation sites (tertiary alicyclic amines) is 1. The molecule has 2 amide bonds. The third kappa shape index (κ3) is 4.02. The van der Waals surface area contributed by atoms with Gasteiger partial charge in [0.15, 0.2) is 0 Å². The first kappa shape index (κ1) is 16.8. The number of hydrogen-bond acceptors (Lipinski definition) is 6. The van der Waals surface area contributed by atoms with Gasteiger partial charge in [0.2, 0.25) is 0 Å². The summed E-state index contributed by atoms with van der Waals surface area (Å²) in [5, 5.41) is 10.7. The maximum absolute atomic E-state index is 12.0. The molecule has 2 N–H and O–H groups in total. The third-order valence-electron chi connectivity index (χ3n) is 3.23. The van der Waals surface area contributed by atoms with Crippen molar-refractivity contribution in [3.63, 3.8) is 0 Å². The highest BCUT2D eigenvalue weighted by Gasteiger charge is 2.26. The number of carbonyl (C=O) groups is 2. The molecule has 10 nitrogen and oxygen atoms in total. The fourth-order valence-corrected chi connectivity index (χ4v) is 2.93. The summed E-state index contributed by atoms with van der Waals surface area (Å²) < 4.78 is 24.0. The van der Waals surface area contributed by atoms with Gasteiger partial charge in [-0.25, -0.2) is 8.42 Å². The van der Waals surface area contributed by atoms with E-state index in [1.54, 1.807) is 4.83 Å². The van der Waals surface area contributed by atoms with Crippen molar-refractivity contribution < 1.29 is 22.9 Å². The van der Waals surface area contributed by atoms with E-state index < -0.39 is 37.3 Å². The monoisotopic (exact) mass is 342 g/mol. The summed E-state index contributed by atoms with van der Waals surface area (Å²) in [6.45, 7) is 0.897. The maximum atomic E-state index is 12.0. The van der Waals surface area contributed by atoms with Gasteiger partial charge in [0, 0.05) is 25.2 Å². The molecule has 1 saturated heterocycles. The van der Waals surface area contributed by atoms with Crippen LogP contribution in [0.4, 0.5) is 5.69 Å². The Kier molecular flexibility index (Phi) is 4.91. The Morgan fingerprint density at radius 2 is 1.87 bits per heavy atom. The van der Waals surface area contributed by atoms with E-state index in [-0.39, 0.29) is 0 Å². The molecule has 11 heteroatoms. The van der Waals surface area contributed by atoms with Gasteiger partial charge in [0.05, 0.1) is 9.82 Å². The molecule has 1 aliphatic rings. The van der Waals surface area contributed by atoms with Crippen molar-refractivity contribution in [2.75, 3.05) is 13.1 Å². The molecular formula is C12H14N4O6S. The number of benzene rings is 1. The van der Waals surface area contributed by atoms with E-state index >= 15 is 0 Å². The Balaban J connectivity index is 2.03. The molecule has 0 spiro atoms. The number of hydrogen-bond donors (Lipinski definition) is 2. The molecular weight excluding hydrogens is 328 g/mol. The first-order chi connectivity index (χ1) is 10.8. The van der Waals surface area contributed by atoms with Gasteiger partial charge in [0.1, 0.15) is 0 Å². The number of sulfonamides is 1. The van der Waals surface area contributed by atoms with Crippen molar-refractivity contribution in [3.05, 3.63) is 34.4 Å². The number of hydrazine groups is 1. The molecule has 0 unspecified atom stereocenters. The minimum Gasteiger partial charge on any atom is -0.334 e. The second-order valence-corrected chi connectivity index (χ2v) is 6.50. The van der Waals surface area contributed by atoms with Crippen LogP contribution in [0.3, 0.4) is 0 Å². The third-order valence-corrected chi connectivity index (χ3v) is 4.47. The first-order valence-corrected chi connectivity index (χ1v) is 8.15. The lowest BCUT2D eigenvalue weighted by molar-refractivity contribution is -0.385. The number of nitro groups is 1. The standard InChI is InChI=1S/C12H14N4O6S/c17-11(12(18)15-6-1-2-7-15)13-14-23(21,22)10-5-3-4-9(8-10)16(19)20/h3-5,8,14H,1-2,6-7H2,(H,13,17). The second kappa shape index (κ2) is 6.71. The van der Waals surface area contributed by atoms with Gasteiger partial charge >= 0.3 is 11.8 Å². The Bertz CT molecular complexity index is 742. The normalized spacial score (nSPS) is 14.5. The lowest BCUT2D eigenvalue weighted by Crippen LogP contribution is -2.49. The average Bonchev–Trinajstić information content (AvgIpc) is 3.06. The topological polar surface area (TPSA) is 139 Å². The van der Waals surface area contributed by atoms with Gasteiger partial charge in [-0.05, 0) is 18.9 Å². The van der Waals surface area contributed by atoms with Crippen molar-refractivity contribution in [1.82, 2.24) is 15.2 Å². The summed E-state index contributed by atoms with van der Waals surface area (Å²) in [4.78, 5) is 36.0. The fourth-order valence-electron chi connectivity index (χ4n) is 2.05. The Labute approximate surface area is 131 Å². The van der Waals surface area contributed by atoms with Crippen LogP contribution in [0, 0.1) is 10.1 Å². The number of nitrogens with one attached hydrogen (secondary N) is 2. The zero-order chi connectivity index (χ0) is 17.0. The summed E-state index contributed by atoms with van der Waals surface area (Å²) in [5.41, 5.74) is 1.40. The smallest absolute Gasteiger partial charge is 0.324 e. The van der Waals surface area contributed by atoms with Crippen LogP contribution >= 0.6 is 0 Å². The van der Waals surface area contributed by atoms with Crippen molar-refractivity contribution in [1.29, 1.82) is 0 Å². The Hall–Kier alpha value is -2.53. The molecule has 0 saturated carbocycles. The van der Waals surface area contributed by atoms with Gasteiger partial charge in [-0.15, -0.1) is 4.83 Å². The molecule has 2 rings (SSSR count). The molecule has 1 aliphatic heterocycles. The number of nitrogens with zero attached hydrogens (tertiary/aromatic N) is 2. The van der Waals surface area contributed by atoms with Crippen molar-refractivity contribution in [2.24, 2.45) is 0 Å². The zero-order valence-electron chi connectivity index (χ0n) is 11.9. The molecule has 23 heavy (non-hydrogen) atoms.